The SMILES string of the molecule is CC(C)CCOc1ccc(CCc2ccc(CN3CCC(O)CC3)cc2)nn1. The van der Waals surface area contributed by atoms with Gasteiger partial charge in [-0.3, -0.25) is 4.90 Å². The summed E-state index contributed by atoms with van der Waals surface area (Å²) < 4.78 is 5.62. The van der Waals surface area contributed by atoms with Gasteiger partial charge < -0.3 is 9.84 Å². The molecule has 1 N–H and O–H groups in total. The third-order valence-corrected chi connectivity index (χ3v) is 5.30. The van der Waals surface area contributed by atoms with E-state index in [0.717, 1.165) is 57.4 Å². The minimum Gasteiger partial charge on any atom is -0.477 e. The highest BCUT2D eigenvalue weighted by Gasteiger charge is 2.16. The van der Waals surface area contributed by atoms with Gasteiger partial charge in [0.2, 0.25) is 5.88 Å². The molecule has 28 heavy (non-hydrogen) atoms. The molecule has 5 nitrogen and oxygen atoms in total. The van der Waals surface area contributed by atoms with E-state index in [4.69, 9.17) is 4.74 Å². The van der Waals surface area contributed by atoms with Crippen LogP contribution in [0, 0.1) is 5.92 Å². The Balaban J connectivity index is 1.42. The number of likely N-dealkylation sites (tertiary alicyclic amines) is 1. The van der Waals surface area contributed by atoms with Crippen molar-refractivity contribution >= 4 is 0 Å². The number of piperidine rings is 1. The van der Waals surface area contributed by atoms with Gasteiger partial charge in [-0.1, -0.05) is 38.1 Å². The van der Waals surface area contributed by atoms with E-state index in [9.17, 15) is 5.11 Å². The maximum Gasteiger partial charge on any atom is 0.233 e. The van der Waals surface area contributed by atoms with E-state index in [0.29, 0.717) is 18.4 Å². The lowest BCUT2D eigenvalue weighted by Gasteiger charge is -2.29. The topological polar surface area (TPSA) is 58.5 Å². The second-order valence-corrected chi connectivity index (χ2v) is 8.22. The van der Waals surface area contributed by atoms with Crippen LogP contribution in [0.5, 0.6) is 5.88 Å². The lowest BCUT2D eigenvalue weighted by atomic mass is 10.0. The summed E-state index contributed by atoms with van der Waals surface area (Å²) in [5.41, 5.74) is 3.65. The maximum absolute atomic E-state index is 9.61. The molecule has 1 aliphatic rings. The fraction of sp³-hybridized carbons (Fsp3) is 0.565. The van der Waals surface area contributed by atoms with E-state index in [1.54, 1.807) is 0 Å². The molecule has 0 amide bonds. The van der Waals surface area contributed by atoms with Crippen LogP contribution in [0.1, 0.15) is 49.9 Å². The Morgan fingerprint density at radius 3 is 2.36 bits per heavy atom. The van der Waals surface area contributed by atoms with Crippen molar-refractivity contribution in [3.8, 4) is 5.88 Å². The van der Waals surface area contributed by atoms with Gasteiger partial charge in [0.15, 0.2) is 0 Å². The third kappa shape index (κ3) is 6.88. The Morgan fingerprint density at radius 2 is 1.71 bits per heavy atom. The zero-order valence-electron chi connectivity index (χ0n) is 17.2. The average molecular weight is 384 g/mol. The molecule has 5 heteroatoms. The van der Waals surface area contributed by atoms with Gasteiger partial charge in [0.25, 0.3) is 0 Å². The summed E-state index contributed by atoms with van der Waals surface area (Å²) in [4.78, 5) is 2.42. The predicted octanol–water partition coefficient (Wildman–Crippen LogP) is 3.64. The number of aromatic nitrogens is 2. The second-order valence-electron chi connectivity index (χ2n) is 8.22. The van der Waals surface area contributed by atoms with Crippen molar-refractivity contribution in [1.29, 1.82) is 0 Å². The first-order chi connectivity index (χ1) is 13.6. The molecule has 2 aromatic rings. The predicted molar refractivity (Wildman–Crippen MR) is 111 cm³/mol. The Hall–Kier alpha value is -1.98. The first-order valence-corrected chi connectivity index (χ1v) is 10.5. The van der Waals surface area contributed by atoms with Crippen LogP contribution in [0.3, 0.4) is 0 Å². The summed E-state index contributed by atoms with van der Waals surface area (Å²) in [6.07, 6.45) is 4.53. The molecule has 1 aromatic heterocycles. The number of aliphatic hydroxyl groups excluding tert-OH is 1. The summed E-state index contributed by atoms with van der Waals surface area (Å²) >= 11 is 0. The molecular weight excluding hydrogens is 350 g/mol. The largest absolute Gasteiger partial charge is 0.477 e. The van der Waals surface area contributed by atoms with E-state index in [1.807, 2.05) is 12.1 Å². The average Bonchev–Trinajstić information content (AvgIpc) is 2.70. The maximum atomic E-state index is 9.61. The third-order valence-electron chi connectivity index (χ3n) is 5.30. The van der Waals surface area contributed by atoms with Crippen LogP contribution in [0.4, 0.5) is 0 Å². The molecule has 1 saturated heterocycles. The Labute approximate surface area is 168 Å². The van der Waals surface area contributed by atoms with Gasteiger partial charge in [-0.25, -0.2) is 0 Å². The number of hydrogen-bond donors (Lipinski definition) is 1. The highest BCUT2D eigenvalue weighted by molar-refractivity contribution is 5.23. The molecule has 0 aliphatic carbocycles. The highest BCUT2D eigenvalue weighted by atomic mass is 16.5. The van der Waals surface area contributed by atoms with Crippen molar-refractivity contribution in [2.24, 2.45) is 5.92 Å². The number of aryl methyl sites for hydroxylation is 2. The second kappa shape index (κ2) is 10.5. The zero-order valence-corrected chi connectivity index (χ0v) is 17.2. The van der Waals surface area contributed by atoms with Crippen molar-refractivity contribution in [3.63, 3.8) is 0 Å². The van der Waals surface area contributed by atoms with Gasteiger partial charge in [-0.15, -0.1) is 5.10 Å². The molecule has 1 fully saturated rings. The summed E-state index contributed by atoms with van der Waals surface area (Å²) in [7, 11) is 0. The lowest BCUT2D eigenvalue weighted by Crippen LogP contribution is -2.35. The normalized spacial score (nSPS) is 15.9. The van der Waals surface area contributed by atoms with Crippen LogP contribution >= 0.6 is 0 Å². The van der Waals surface area contributed by atoms with Gasteiger partial charge in [-0.2, -0.15) is 5.10 Å². The lowest BCUT2D eigenvalue weighted by molar-refractivity contribution is 0.0792. The van der Waals surface area contributed by atoms with Crippen LogP contribution in [0.25, 0.3) is 0 Å². The van der Waals surface area contributed by atoms with E-state index >= 15 is 0 Å². The molecule has 1 aromatic carbocycles. The van der Waals surface area contributed by atoms with E-state index < -0.39 is 0 Å². The quantitative estimate of drug-likeness (QED) is 0.716. The molecular formula is C23H33N3O2. The van der Waals surface area contributed by atoms with Crippen molar-refractivity contribution in [3.05, 3.63) is 53.2 Å². The van der Waals surface area contributed by atoms with Crippen molar-refractivity contribution < 1.29 is 9.84 Å². The monoisotopic (exact) mass is 383 g/mol. The van der Waals surface area contributed by atoms with Gasteiger partial charge in [0.05, 0.1) is 18.4 Å². The molecule has 0 unspecified atom stereocenters. The standard InChI is InChI=1S/C23H33N3O2/c1-18(2)13-16-28-23-10-9-21(24-25-23)8-7-19-3-5-20(6-4-19)17-26-14-11-22(27)12-15-26/h3-6,9-10,18,22,27H,7-8,11-17H2,1-2H3. The van der Waals surface area contributed by atoms with Crippen molar-refractivity contribution in [1.82, 2.24) is 15.1 Å². The number of nitrogens with zero attached hydrogens (tertiary/aromatic N) is 3. The van der Waals surface area contributed by atoms with E-state index in [1.165, 1.54) is 11.1 Å². The van der Waals surface area contributed by atoms with Crippen LogP contribution in [0.2, 0.25) is 0 Å². The Morgan fingerprint density at radius 1 is 1.00 bits per heavy atom. The van der Waals surface area contributed by atoms with Gasteiger partial charge >= 0.3 is 0 Å². The summed E-state index contributed by atoms with van der Waals surface area (Å²) in [5, 5.41) is 18.1. The van der Waals surface area contributed by atoms with E-state index in [2.05, 4.69) is 53.2 Å². The number of hydrogen-bond acceptors (Lipinski definition) is 5. The van der Waals surface area contributed by atoms with Crippen LogP contribution in [-0.2, 0) is 19.4 Å². The highest BCUT2D eigenvalue weighted by Crippen LogP contribution is 2.15. The number of ether oxygens (including phenoxy) is 1. The van der Waals surface area contributed by atoms with Crippen LogP contribution in [-0.4, -0.2) is 46.0 Å². The molecule has 0 atom stereocenters. The number of aliphatic hydroxyl groups is 1. The molecule has 152 valence electrons. The molecule has 2 heterocycles. The minimum absolute atomic E-state index is 0.109. The Bertz CT molecular complexity index is 693. The van der Waals surface area contributed by atoms with Gasteiger partial charge in [0.1, 0.15) is 0 Å². The Kier molecular flexibility index (Phi) is 7.80. The summed E-state index contributed by atoms with van der Waals surface area (Å²) in [6.45, 7) is 8.00. The molecule has 3 rings (SSSR count). The molecule has 0 radical (unpaired) electrons. The van der Waals surface area contributed by atoms with Gasteiger partial charge in [0, 0.05) is 25.7 Å². The van der Waals surface area contributed by atoms with Gasteiger partial charge in [-0.05, 0) is 55.2 Å². The molecule has 1 aliphatic heterocycles. The zero-order chi connectivity index (χ0) is 19.8. The van der Waals surface area contributed by atoms with Crippen LogP contribution in [0.15, 0.2) is 36.4 Å². The summed E-state index contributed by atoms with van der Waals surface area (Å²) in [6, 6.07) is 12.8. The van der Waals surface area contributed by atoms with Crippen molar-refractivity contribution in [2.45, 2.75) is 58.6 Å². The molecule has 0 bridgehead atoms. The first-order valence-electron chi connectivity index (χ1n) is 10.5. The number of rotatable bonds is 9. The fourth-order valence-corrected chi connectivity index (χ4v) is 3.38. The van der Waals surface area contributed by atoms with Crippen molar-refractivity contribution in [2.75, 3.05) is 19.7 Å². The smallest absolute Gasteiger partial charge is 0.233 e. The minimum atomic E-state index is -0.109. The molecule has 0 spiro atoms. The van der Waals surface area contributed by atoms with E-state index in [-0.39, 0.29) is 6.10 Å². The molecule has 0 saturated carbocycles. The number of benzene rings is 1. The van der Waals surface area contributed by atoms with Crippen LogP contribution < -0.4 is 4.74 Å². The first kappa shape index (κ1) is 20.7. The summed E-state index contributed by atoms with van der Waals surface area (Å²) in [5.74, 6) is 1.24. The fourth-order valence-electron chi connectivity index (χ4n) is 3.38.